The fourth-order valence-corrected chi connectivity index (χ4v) is 6.11. The first kappa shape index (κ1) is 32.1. The topological polar surface area (TPSA) is 96.0 Å². The largest absolute Gasteiger partial charge is 0.494 e. The number of hydrogen-bond acceptors (Lipinski definition) is 5. The van der Waals surface area contributed by atoms with Gasteiger partial charge in [0.15, 0.2) is 0 Å². The molecule has 0 heterocycles. The minimum absolute atomic E-state index is 0.0420. The molecule has 1 N–H and O–H groups in total. The van der Waals surface area contributed by atoms with Gasteiger partial charge in [-0.15, -0.1) is 0 Å². The summed E-state index contributed by atoms with van der Waals surface area (Å²) in [6.45, 7) is 8.24. The summed E-state index contributed by atoms with van der Waals surface area (Å²) in [6.07, 6.45) is 1.13. The van der Waals surface area contributed by atoms with E-state index in [4.69, 9.17) is 4.74 Å². The van der Waals surface area contributed by atoms with Crippen molar-refractivity contribution in [3.8, 4) is 5.75 Å². The Labute approximate surface area is 251 Å². The van der Waals surface area contributed by atoms with Crippen LogP contribution in [0.25, 0.3) is 0 Å². The number of hydrogen-bond donors (Lipinski definition) is 1. The molecule has 0 saturated heterocycles. The molecule has 8 nitrogen and oxygen atoms in total. The third-order valence-corrected chi connectivity index (χ3v) is 8.80. The SMILES string of the molecule is CCCNC(=O)[C@@H](CC)N(Cc1cccc(C)c1)C(=O)CN(c1ccc(OCC)cc1)S(=O)(=O)c1ccc(Br)cc1. The predicted molar refractivity (Wildman–Crippen MR) is 165 cm³/mol. The van der Waals surface area contributed by atoms with Crippen LogP contribution in [0.5, 0.6) is 5.75 Å². The number of nitrogens with one attached hydrogen (secondary N) is 1. The van der Waals surface area contributed by atoms with Crippen LogP contribution in [0.3, 0.4) is 0 Å². The number of sulfonamides is 1. The molecule has 0 spiro atoms. The second-order valence-electron chi connectivity index (χ2n) is 9.62. The highest BCUT2D eigenvalue weighted by Gasteiger charge is 2.33. The van der Waals surface area contributed by atoms with Crippen LogP contribution < -0.4 is 14.4 Å². The second kappa shape index (κ2) is 15.0. The molecule has 0 saturated carbocycles. The first-order chi connectivity index (χ1) is 19.6. The Morgan fingerprint density at radius 3 is 2.24 bits per heavy atom. The molecule has 1 atom stereocenters. The smallest absolute Gasteiger partial charge is 0.264 e. The zero-order valence-electron chi connectivity index (χ0n) is 24.0. The number of aryl methyl sites for hydroxylation is 1. The fourth-order valence-electron chi connectivity index (χ4n) is 4.43. The van der Waals surface area contributed by atoms with Crippen LogP contribution in [0.2, 0.25) is 0 Å². The second-order valence-corrected chi connectivity index (χ2v) is 12.4. The van der Waals surface area contributed by atoms with Crippen LogP contribution in [0, 0.1) is 6.92 Å². The zero-order valence-corrected chi connectivity index (χ0v) is 26.4. The Bertz CT molecular complexity index is 1410. The average Bonchev–Trinajstić information content (AvgIpc) is 2.95. The van der Waals surface area contributed by atoms with Gasteiger partial charge >= 0.3 is 0 Å². The minimum atomic E-state index is -4.15. The van der Waals surface area contributed by atoms with Crippen molar-refractivity contribution in [2.75, 3.05) is 24.0 Å². The molecule has 10 heteroatoms. The van der Waals surface area contributed by atoms with Gasteiger partial charge in [-0.3, -0.25) is 13.9 Å². The van der Waals surface area contributed by atoms with Gasteiger partial charge in [0, 0.05) is 17.6 Å². The van der Waals surface area contributed by atoms with E-state index in [1.165, 1.54) is 17.0 Å². The third-order valence-electron chi connectivity index (χ3n) is 6.49. The van der Waals surface area contributed by atoms with E-state index in [2.05, 4.69) is 21.2 Å². The maximum absolute atomic E-state index is 14.1. The minimum Gasteiger partial charge on any atom is -0.494 e. The van der Waals surface area contributed by atoms with Gasteiger partial charge in [0.25, 0.3) is 10.0 Å². The molecule has 0 aliphatic heterocycles. The normalized spacial score (nSPS) is 11.9. The molecule has 0 unspecified atom stereocenters. The number of rotatable bonds is 14. The number of carbonyl (C=O) groups excluding carboxylic acids is 2. The molecule has 0 bridgehead atoms. The molecule has 0 aliphatic carbocycles. The van der Waals surface area contributed by atoms with Crippen molar-refractivity contribution in [2.24, 2.45) is 0 Å². The van der Waals surface area contributed by atoms with Crippen molar-refractivity contribution < 1.29 is 22.7 Å². The van der Waals surface area contributed by atoms with Gasteiger partial charge in [0.2, 0.25) is 11.8 Å². The first-order valence-corrected chi connectivity index (χ1v) is 16.0. The summed E-state index contributed by atoms with van der Waals surface area (Å²) in [5.41, 5.74) is 2.18. The van der Waals surface area contributed by atoms with Gasteiger partial charge < -0.3 is 15.0 Å². The number of benzene rings is 3. The van der Waals surface area contributed by atoms with Crippen molar-refractivity contribution in [3.05, 3.63) is 88.4 Å². The highest BCUT2D eigenvalue weighted by atomic mass is 79.9. The van der Waals surface area contributed by atoms with Gasteiger partial charge in [-0.25, -0.2) is 8.42 Å². The van der Waals surface area contributed by atoms with E-state index in [1.807, 2.05) is 52.0 Å². The first-order valence-electron chi connectivity index (χ1n) is 13.7. The molecule has 0 fully saturated rings. The molecular weight excluding hydrogens is 606 g/mol. The van der Waals surface area contributed by atoms with E-state index < -0.39 is 28.5 Å². The molecule has 3 rings (SSSR count). The van der Waals surface area contributed by atoms with Gasteiger partial charge in [-0.05, 0) is 80.8 Å². The van der Waals surface area contributed by atoms with Gasteiger partial charge in [-0.2, -0.15) is 0 Å². The summed E-state index contributed by atoms with van der Waals surface area (Å²) in [5, 5.41) is 2.90. The zero-order chi connectivity index (χ0) is 30.0. The number of nitrogens with zero attached hydrogens (tertiary/aromatic N) is 2. The Hall–Kier alpha value is -3.37. The van der Waals surface area contributed by atoms with Crippen molar-refractivity contribution in [1.82, 2.24) is 10.2 Å². The van der Waals surface area contributed by atoms with Gasteiger partial charge in [0.05, 0.1) is 17.2 Å². The molecule has 3 aromatic carbocycles. The number of halogens is 1. The number of ether oxygens (including phenoxy) is 1. The third kappa shape index (κ3) is 8.56. The Balaban J connectivity index is 2.05. The number of anilines is 1. The lowest BCUT2D eigenvalue weighted by Crippen LogP contribution is -2.52. The van der Waals surface area contributed by atoms with Crippen molar-refractivity contribution in [2.45, 2.75) is 58.0 Å². The molecule has 0 aliphatic rings. The lowest BCUT2D eigenvalue weighted by atomic mass is 10.1. The van der Waals surface area contributed by atoms with Crippen molar-refractivity contribution in [1.29, 1.82) is 0 Å². The monoisotopic (exact) mass is 643 g/mol. The summed E-state index contributed by atoms with van der Waals surface area (Å²) in [4.78, 5) is 28.8. The quantitative estimate of drug-likeness (QED) is 0.244. The van der Waals surface area contributed by atoms with Crippen LogP contribution in [0.1, 0.15) is 44.7 Å². The summed E-state index contributed by atoms with van der Waals surface area (Å²) < 4.78 is 35.3. The number of amides is 2. The van der Waals surface area contributed by atoms with Crippen molar-refractivity contribution >= 4 is 43.5 Å². The van der Waals surface area contributed by atoms with Crippen LogP contribution >= 0.6 is 15.9 Å². The van der Waals surface area contributed by atoms with Gasteiger partial charge in [-0.1, -0.05) is 59.6 Å². The molecular formula is C31H38BrN3O5S. The summed E-state index contributed by atoms with van der Waals surface area (Å²) in [6, 6.07) is 19.8. The Kier molecular flexibility index (Phi) is 11.8. The lowest BCUT2D eigenvalue weighted by Gasteiger charge is -2.33. The lowest BCUT2D eigenvalue weighted by molar-refractivity contribution is -0.140. The molecule has 2 amide bonds. The summed E-state index contributed by atoms with van der Waals surface area (Å²) >= 11 is 3.35. The predicted octanol–water partition coefficient (Wildman–Crippen LogP) is 5.69. The standard InChI is InChI=1S/C31H38BrN3O5S/c1-5-19-33-31(37)29(6-2)34(21-24-10-8-9-23(4)20-24)30(36)22-35(26-13-15-27(16-14-26)40-7-3)41(38,39)28-17-11-25(32)12-18-28/h8-18,20,29H,5-7,19,21-22H2,1-4H3,(H,33,37)/t29-/m1/s1. The van der Waals surface area contributed by atoms with Crippen LogP contribution in [-0.4, -0.2) is 50.9 Å². The van der Waals surface area contributed by atoms with Crippen LogP contribution in [0.15, 0.2) is 82.2 Å². The molecule has 0 radical (unpaired) electrons. The van der Waals surface area contributed by atoms with E-state index >= 15 is 0 Å². The van der Waals surface area contributed by atoms with E-state index in [0.29, 0.717) is 31.0 Å². The summed E-state index contributed by atoms with van der Waals surface area (Å²) in [7, 11) is -4.15. The van der Waals surface area contributed by atoms with Gasteiger partial charge in [0.1, 0.15) is 18.3 Å². The number of carbonyl (C=O) groups is 2. The van der Waals surface area contributed by atoms with E-state index in [0.717, 1.165) is 26.3 Å². The maximum atomic E-state index is 14.1. The molecule has 41 heavy (non-hydrogen) atoms. The van der Waals surface area contributed by atoms with E-state index in [9.17, 15) is 18.0 Å². The Morgan fingerprint density at radius 1 is 0.976 bits per heavy atom. The maximum Gasteiger partial charge on any atom is 0.264 e. The highest BCUT2D eigenvalue weighted by molar-refractivity contribution is 9.10. The average molecular weight is 645 g/mol. The molecule has 220 valence electrons. The van der Waals surface area contributed by atoms with Crippen LogP contribution in [0.4, 0.5) is 5.69 Å². The highest BCUT2D eigenvalue weighted by Crippen LogP contribution is 2.27. The molecule has 3 aromatic rings. The van der Waals surface area contributed by atoms with E-state index in [-0.39, 0.29) is 17.3 Å². The fraction of sp³-hybridized carbons (Fsp3) is 0.355. The molecule has 0 aromatic heterocycles. The van der Waals surface area contributed by atoms with Crippen molar-refractivity contribution in [3.63, 3.8) is 0 Å². The Morgan fingerprint density at radius 2 is 1.66 bits per heavy atom. The summed E-state index contributed by atoms with van der Waals surface area (Å²) in [5.74, 6) is -0.165. The van der Waals surface area contributed by atoms with E-state index in [1.54, 1.807) is 36.4 Å². The van der Waals surface area contributed by atoms with Crippen LogP contribution in [-0.2, 0) is 26.2 Å².